The van der Waals surface area contributed by atoms with Crippen molar-refractivity contribution in [3.63, 3.8) is 0 Å². The van der Waals surface area contributed by atoms with Crippen LogP contribution in [-0.4, -0.2) is 38.8 Å². The summed E-state index contributed by atoms with van der Waals surface area (Å²) >= 11 is 0. The number of anilines is 1. The van der Waals surface area contributed by atoms with Gasteiger partial charge < -0.3 is 10.1 Å². The van der Waals surface area contributed by atoms with E-state index in [1.807, 2.05) is 19.1 Å². The second-order valence-electron chi connectivity index (χ2n) is 6.24. The Balaban J connectivity index is 1.93. The number of nitrogens with zero attached hydrogens (tertiary/aromatic N) is 1. The van der Waals surface area contributed by atoms with Gasteiger partial charge in [0, 0.05) is 18.7 Å². The molecular formula is C19H22N2O4S. The Labute approximate surface area is 153 Å². The molecule has 0 unspecified atom stereocenters. The molecule has 26 heavy (non-hydrogen) atoms. The van der Waals surface area contributed by atoms with E-state index in [2.05, 4.69) is 5.32 Å². The molecule has 1 saturated heterocycles. The van der Waals surface area contributed by atoms with Gasteiger partial charge in [-0.25, -0.2) is 8.42 Å². The fourth-order valence-corrected chi connectivity index (χ4v) is 4.58. The molecule has 0 aromatic heterocycles. The topological polar surface area (TPSA) is 75.7 Å². The van der Waals surface area contributed by atoms with Gasteiger partial charge in [-0.1, -0.05) is 18.2 Å². The Bertz CT molecular complexity index is 919. The molecule has 2 aromatic rings. The van der Waals surface area contributed by atoms with Gasteiger partial charge in [-0.3, -0.25) is 4.79 Å². The summed E-state index contributed by atoms with van der Waals surface area (Å²) in [7, 11) is -2.09. The maximum atomic E-state index is 12.8. The zero-order chi connectivity index (χ0) is 18.7. The first-order chi connectivity index (χ1) is 12.4. The van der Waals surface area contributed by atoms with Crippen molar-refractivity contribution in [2.75, 3.05) is 25.5 Å². The van der Waals surface area contributed by atoms with E-state index in [0.29, 0.717) is 30.1 Å². The van der Waals surface area contributed by atoms with E-state index in [0.717, 1.165) is 18.4 Å². The van der Waals surface area contributed by atoms with Crippen molar-refractivity contribution < 1.29 is 17.9 Å². The maximum absolute atomic E-state index is 12.8. The Hall–Kier alpha value is -2.38. The smallest absolute Gasteiger partial charge is 0.256 e. The van der Waals surface area contributed by atoms with E-state index in [-0.39, 0.29) is 10.8 Å². The molecular weight excluding hydrogens is 352 g/mol. The van der Waals surface area contributed by atoms with Gasteiger partial charge >= 0.3 is 0 Å². The van der Waals surface area contributed by atoms with Gasteiger partial charge in [0.2, 0.25) is 10.0 Å². The zero-order valence-electron chi connectivity index (χ0n) is 14.9. The highest BCUT2D eigenvalue weighted by molar-refractivity contribution is 7.89. The zero-order valence-corrected chi connectivity index (χ0v) is 15.7. The van der Waals surface area contributed by atoms with Crippen molar-refractivity contribution in [3.8, 4) is 5.75 Å². The quantitative estimate of drug-likeness (QED) is 0.873. The fourth-order valence-electron chi connectivity index (χ4n) is 3.04. The molecule has 0 saturated carbocycles. The van der Waals surface area contributed by atoms with Gasteiger partial charge in [-0.2, -0.15) is 4.31 Å². The molecule has 3 rings (SSSR count). The number of carbonyl (C=O) groups excluding carboxylic acids is 1. The Morgan fingerprint density at radius 2 is 1.81 bits per heavy atom. The van der Waals surface area contributed by atoms with E-state index < -0.39 is 10.0 Å². The highest BCUT2D eigenvalue weighted by atomic mass is 32.2. The van der Waals surface area contributed by atoms with Crippen molar-refractivity contribution in [3.05, 3.63) is 53.6 Å². The molecule has 0 spiro atoms. The number of nitrogens with one attached hydrogen (secondary N) is 1. The second-order valence-corrected chi connectivity index (χ2v) is 8.18. The van der Waals surface area contributed by atoms with Crippen molar-refractivity contribution >= 4 is 21.6 Å². The molecule has 1 amide bonds. The van der Waals surface area contributed by atoms with E-state index in [9.17, 15) is 13.2 Å². The molecule has 138 valence electrons. The fraction of sp³-hybridized carbons (Fsp3) is 0.316. The Morgan fingerprint density at radius 3 is 2.46 bits per heavy atom. The SMILES string of the molecule is COc1ccc(S(=O)(=O)N2CCCC2)cc1NC(=O)c1ccccc1C. The first kappa shape index (κ1) is 18.4. The number of sulfonamides is 1. The lowest BCUT2D eigenvalue weighted by atomic mass is 10.1. The van der Waals surface area contributed by atoms with Gasteiger partial charge in [0.15, 0.2) is 0 Å². The normalized spacial score (nSPS) is 15.0. The van der Waals surface area contributed by atoms with Gasteiger partial charge in [0.1, 0.15) is 5.75 Å². The van der Waals surface area contributed by atoms with Crippen LogP contribution in [0.2, 0.25) is 0 Å². The van der Waals surface area contributed by atoms with Crippen LogP contribution in [0.5, 0.6) is 5.75 Å². The number of carbonyl (C=O) groups is 1. The molecule has 1 N–H and O–H groups in total. The third-order valence-corrected chi connectivity index (χ3v) is 6.41. The highest BCUT2D eigenvalue weighted by Gasteiger charge is 2.28. The number of amides is 1. The minimum atomic E-state index is -3.57. The summed E-state index contributed by atoms with van der Waals surface area (Å²) in [5, 5.41) is 2.77. The molecule has 2 aromatic carbocycles. The lowest BCUT2D eigenvalue weighted by Crippen LogP contribution is -2.28. The minimum Gasteiger partial charge on any atom is -0.495 e. The third kappa shape index (κ3) is 3.59. The average molecular weight is 374 g/mol. The first-order valence-corrected chi connectivity index (χ1v) is 9.92. The van der Waals surface area contributed by atoms with Gasteiger partial charge in [0.05, 0.1) is 17.7 Å². The molecule has 0 radical (unpaired) electrons. The largest absolute Gasteiger partial charge is 0.495 e. The molecule has 6 nitrogen and oxygen atoms in total. The van der Waals surface area contributed by atoms with Crippen LogP contribution in [0.15, 0.2) is 47.4 Å². The molecule has 1 aliphatic heterocycles. The van der Waals surface area contributed by atoms with E-state index in [1.54, 1.807) is 18.2 Å². The van der Waals surface area contributed by atoms with Crippen LogP contribution in [0.1, 0.15) is 28.8 Å². The van der Waals surface area contributed by atoms with Crippen LogP contribution in [0.3, 0.4) is 0 Å². The molecule has 0 atom stereocenters. The highest BCUT2D eigenvalue weighted by Crippen LogP contribution is 2.30. The predicted molar refractivity (Wildman–Crippen MR) is 100 cm³/mol. The predicted octanol–water partition coefficient (Wildman–Crippen LogP) is 3.04. The van der Waals surface area contributed by atoms with Gasteiger partial charge in [-0.15, -0.1) is 0 Å². The third-order valence-electron chi connectivity index (χ3n) is 4.51. The summed E-state index contributed by atoms with van der Waals surface area (Å²) in [4.78, 5) is 12.7. The van der Waals surface area contributed by atoms with E-state index >= 15 is 0 Å². The second kappa shape index (κ2) is 7.47. The number of aryl methyl sites for hydroxylation is 1. The molecule has 0 bridgehead atoms. The lowest BCUT2D eigenvalue weighted by Gasteiger charge is -2.17. The van der Waals surface area contributed by atoms with Crippen LogP contribution in [0.25, 0.3) is 0 Å². The van der Waals surface area contributed by atoms with Crippen molar-refractivity contribution in [2.45, 2.75) is 24.7 Å². The van der Waals surface area contributed by atoms with Crippen LogP contribution in [-0.2, 0) is 10.0 Å². The monoisotopic (exact) mass is 374 g/mol. The van der Waals surface area contributed by atoms with Crippen LogP contribution < -0.4 is 10.1 Å². The molecule has 1 aliphatic rings. The first-order valence-electron chi connectivity index (χ1n) is 8.48. The summed E-state index contributed by atoms with van der Waals surface area (Å²) in [6.45, 7) is 2.90. The number of rotatable bonds is 5. The Kier molecular flexibility index (Phi) is 5.29. The Morgan fingerprint density at radius 1 is 1.12 bits per heavy atom. The van der Waals surface area contributed by atoms with Crippen LogP contribution in [0.4, 0.5) is 5.69 Å². The van der Waals surface area contributed by atoms with Crippen LogP contribution >= 0.6 is 0 Å². The number of hydrogen-bond donors (Lipinski definition) is 1. The summed E-state index contributed by atoms with van der Waals surface area (Å²) in [6.07, 6.45) is 1.73. The molecule has 1 heterocycles. The minimum absolute atomic E-state index is 0.153. The standard InChI is InChI=1S/C19H22N2O4S/c1-14-7-3-4-8-16(14)19(22)20-17-13-15(9-10-18(17)25-2)26(23,24)21-11-5-6-12-21/h3-4,7-10,13H,5-6,11-12H2,1-2H3,(H,20,22). The van der Waals surface area contributed by atoms with Crippen molar-refractivity contribution in [1.82, 2.24) is 4.31 Å². The average Bonchev–Trinajstić information content (AvgIpc) is 3.17. The maximum Gasteiger partial charge on any atom is 0.256 e. The summed E-state index contributed by atoms with van der Waals surface area (Å²) in [5.74, 6) is 0.101. The van der Waals surface area contributed by atoms with Gasteiger partial charge in [-0.05, 0) is 49.6 Å². The number of hydrogen-bond acceptors (Lipinski definition) is 4. The number of methoxy groups -OCH3 is 1. The number of benzene rings is 2. The molecule has 1 fully saturated rings. The lowest BCUT2D eigenvalue weighted by molar-refractivity contribution is 0.102. The summed E-state index contributed by atoms with van der Waals surface area (Å²) in [6, 6.07) is 11.8. The number of ether oxygens (including phenoxy) is 1. The van der Waals surface area contributed by atoms with E-state index in [1.165, 1.54) is 23.5 Å². The summed E-state index contributed by atoms with van der Waals surface area (Å²) in [5.41, 5.74) is 1.70. The van der Waals surface area contributed by atoms with Crippen molar-refractivity contribution in [2.24, 2.45) is 0 Å². The van der Waals surface area contributed by atoms with E-state index in [4.69, 9.17) is 4.74 Å². The van der Waals surface area contributed by atoms with Crippen LogP contribution in [0, 0.1) is 6.92 Å². The molecule has 0 aliphatic carbocycles. The summed E-state index contributed by atoms with van der Waals surface area (Å²) < 4.78 is 32.3. The van der Waals surface area contributed by atoms with Gasteiger partial charge in [0.25, 0.3) is 5.91 Å². The molecule has 7 heteroatoms. The van der Waals surface area contributed by atoms with Crippen molar-refractivity contribution in [1.29, 1.82) is 0 Å².